The Morgan fingerprint density at radius 2 is 0.687 bits per heavy atom. The maximum Gasteiger partial charge on any atom is 0.280 e. The first-order chi connectivity index (χ1) is 70.0. The summed E-state index contributed by atoms with van der Waals surface area (Å²) in [6.07, 6.45) is 8.57. The van der Waals surface area contributed by atoms with Crippen molar-refractivity contribution in [1.82, 2.24) is 50.5 Å². The van der Waals surface area contributed by atoms with Crippen LogP contribution >= 0.6 is 45.3 Å². The summed E-state index contributed by atoms with van der Waals surface area (Å²) in [5.74, 6) is 2.60. The molecule has 8 aromatic heterocycles. The standard InChI is InChI=1S/C35H35N3O4S.C29H30N2O4S.C28H29N3O4S.C26H26N2O3S/c1-20-19-25-32(43-34(38-25)33(40)37-16-13-22-9-7-6-8-10-22)29(27(20)31(21(2)39)42-35(3,4)5)24-11-12-26-28-23(15-18-41-26)14-17-36-30(24)28;1-15-13-20-28(36-22(31-20)14-16(2)32)25(23(15)27(17(3)33)35-29(4,5)6)19-7-8-21-24-18(10-12-34-21)9-11-30-26(19)24;1-14-13-18-25(36-27(31-18)26(33)29-6)22(20(14)24(15(2)32)35-28(3,4)5)17-7-8-19-21-16(10-12-34-19)9-11-30-23(17)21;1-14-12-18-25(32-13-28-18)22(20(14)24(15(2)29)31-26(3,4)5)17-6-7-19-21-16(9-11-30-19)8-10-27-23(17)21/h6-12,14,17,19,31H,13,15-16,18H2,1-5H3,(H,37,40);7-9,11,13,27H,10,12,14H2,1-6H3;7-9,11,13,24H,10,12H2,1-6H3,(H,29,33);6-8,10,12-13,24H,9,11H2,1-5H3/t31-;27-;2*24-/m1111/s1. The third-order valence-corrected chi connectivity index (χ3v) is 30.1. The number of Topliss-reactive ketones (excluding diaryl/α,β-unsaturated/α-hetero) is 5. The minimum atomic E-state index is -0.813. The Bertz CT molecular complexity index is 8130. The molecule has 4 atom stereocenters. The molecule has 0 aliphatic carbocycles. The van der Waals surface area contributed by atoms with Crippen molar-refractivity contribution >= 4 is 171 Å². The lowest BCUT2D eigenvalue weighted by Gasteiger charge is -2.29. The molecule has 12 heterocycles. The van der Waals surface area contributed by atoms with Gasteiger partial charge >= 0.3 is 0 Å². The summed E-state index contributed by atoms with van der Waals surface area (Å²) in [5, 5.41) is 11.2. The van der Waals surface area contributed by atoms with Gasteiger partial charge in [0.2, 0.25) is 0 Å². The maximum atomic E-state index is 13.3. The third kappa shape index (κ3) is 21.4. The Labute approximate surface area is 869 Å². The topological polar surface area (TPSA) is 321 Å². The molecule has 0 radical (unpaired) electrons. The van der Waals surface area contributed by atoms with E-state index in [2.05, 4.69) is 32.7 Å². The summed E-state index contributed by atoms with van der Waals surface area (Å²) in [6.45, 7) is 42.3. The van der Waals surface area contributed by atoms with Crippen molar-refractivity contribution in [2.75, 3.05) is 40.0 Å². The number of pyridine rings is 4. The minimum Gasteiger partial charge on any atom is -0.493 e. The molecule has 0 unspecified atom stereocenters. The molecule has 29 heteroatoms. The van der Waals surface area contributed by atoms with Crippen molar-refractivity contribution < 1.29 is 71.5 Å². The summed E-state index contributed by atoms with van der Waals surface area (Å²) < 4.78 is 52.9. The van der Waals surface area contributed by atoms with Gasteiger partial charge in [0.05, 0.1) is 124 Å². The fraction of sp³-hybridized carbons (Fsp3) is 0.347. The number of aryl methyl sites for hydroxylation is 4. The van der Waals surface area contributed by atoms with E-state index in [-0.39, 0.29) is 47.2 Å². The van der Waals surface area contributed by atoms with Crippen molar-refractivity contribution in [2.45, 2.75) is 231 Å². The zero-order valence-corrected chi connectivity index (χ0v) is 90.2. The van der Waals surface area contributed by atoms with Crippen molar-refractivity contribution in [1.29, 1.82) is 0 Å². The second-order valence-corrected chi connectivity index (χ2v) is 45.7. The molecule has 756 valence electrons. The average Bonchev–Trinajstić information content (AvgIpc) is 1.74. The van der Waals surface area contributed by atoms with Gasteiger partial charge < -0.3 is 48.5 Å². The van der Waals surface area contributed by atoms with Crippen molar-refractivity contribution in [3.05, 3.63) is 245 Å². The van der Waals surface area contributed by atoms with Crippen LogP contribution in [0.4, 0.5) is 0 Å². The van der Waals surface area contributed by atoms with Crippen LogP contribution in [0.15, 0.2) is 158 Å². The van der Waals surface area contributed by atoms with Gasteiger partial charge in [-0.15, -0.1) is 45.3 Å². The van der Waals surface area contributed by atoms with E-state index < -0.39 is 46.8 Å². The number of amides is 2. The van der Waals surface area contributed by atoms with Gasteiger partial charge in [0, 0.05) is 152 Å². The first-order valence-corrected chi connectivity index (χ1v) is 52.9. The number of hydrogen-bond acceptors (Lipinski definition) is 27. The van der Waals surface area contributed by atoms with E-state index in [4.69, 9.17) is 67.8 Å². The number of carbonyl (C=O) groups is 7. The number of hydrogen-bond donors (Lipinski definition) is 2. The highest BCUT2D eigenvalue weighted by atomic mass is 32.1. The zero-order chi connectivity index (χ0) is 104. The van der Waals surface area contributed by atoms with Gasteiger partial charge in [-0.05, 0) is 299 Å². The van der Waals surface area contributed by atoms with E-state index in [9.17, 15) is 33.6 Å². The molecular weight excluding hydrogens is 1930 g/mol. The Morgan fingerprint density at radius 1 is 0.374 bits per heavy atom. The van der Waals surface area contributed by atoms with Crippen LogP contribution < -0.4 is 29.6 Å². The number of ether oxygens (including phenoxy) is 8. The summed E-state index contributed by atoms with van der Waals surface area (Å²) in [7, 11) is 1.59. The van der Waals surface area contributed by atoms with Crippen LogP contribution in [-0.2, 0) is 81.4 Å². The second kappa shape index (κ2) is 41.7. The number of nitrogens with zero attached hydrogens (tertiary/aromatic N) is 8. The van der Waals surface area contributed by atoms with Crippen LogP contribution in [0.25, 0.3) is 129 Å². The van der Waals surface area contributed by atoms with E-state index in [1.165, 1.54) is 56.3 Å². The molecule has 0 fully saturated rings. The lowest BCUT2D eigenvalue weighted by atomic mass is 9.88. The van der Waals surface area contributed by atoms with Gasteiger partial charge in [-0.2, -0.15) is 0 Å². The summed E-state index contributed by atoms with van der Waals surface area (Å²) in [6, 6.07) is 42.2. The van der Waals surface area contributed by atoms with Crippen LogP contribution in [0, 0.1) is 27.7 Å². The number of benzene rings is 9. The molecule has 9 aromatic carbocycles. The first kappa shape index (κ1) is 103. The average molecular weight is 2050 g/mol. The number of fused-ring (bicyclic) bond motifs is 4. The van der Waals surface area contributed by atoms with Crippen LogP contribution in [-0.4, -0.2) is 143 Å². The smallest absolute Gasteiger partial charge is 0.280 e. The van der Waals surface area contributed by atoms with Crippen LogP contribution in [0.2, 0.25) is 0 Å². The predicted molar refractivity (Wildman–Crippen MR) is 584 cm³/mol. The summed E-state index contributed by atoms with van der Waals surface area (Å²) >= 11 is 5.71. The molecule has 2 N–H and O–H groups in total. The molecule has 21 rings (SSSR count). The molecule has 0 spiro atoms. The number of ketones is 5. The van der Waals surface area contributed by atoms with E-state index in [1.54, 1.807) is 53.0 Å². The Hall–Kier alpha value is -13.5. The SMILES string of the molecule is CC(=O)Cc1nc2cc(C)c([C@H](OC(C)(C)C)C(C)=O)c(-c3ccc4c5c(ccnc35)CCO4)c2s1.CC(=O)[C@@H](OC(C)(C)C)c1c(C)cc2nc(C(=O)NCCc3ccccc3)sc2c1-c1ccc2c3c(ccnc13)CCO2.CC(=O)[C@@H](OC(C)(C)C)c1c(C)cc2ncsc2c1-c1ccc2c3c(ccnc13)CCO2.CNC(=O)c1nc2cc(C)c([C@H](OC(C)(C)C)C(C)=O)c(-c3ccc4c5c(ccnc35)CCO4)c2s1. The fourth-order valence-electron chi connectivity index (χ4n) is 20.1. The number of nitrogens with one attached hydrogen (secondary N) is 2. The third-order valence-electron chi connectivity index (χ3n) is 26.0. The molecule has 0 saturated carbocycles. The molecule has 25 nitrogen and oxygen atoms in total. The first-order valence-electron chi connectivity index (χ1n) is 49.6. The monoisotopic (exact) mass is 2040 g/mol. The normalized spacial score (nSPS) is 14.1. The lowest BCUT2D eigenvalue weighted by molar-refractivity contribution is -0.139. The molecule has 4 aliphatic heterocycles. The van der Waals surface area contributed by atoms with Gasteiger partial charge in [0.15, 0.2) is 33.1 Å². The number of rotatable bonds is 23. The number of thiazole rings is 4. The van der Waals surface area contributed by atoms with E-state index in [1.807, 2.05) is 256 Å². The van der Waals surface area contributed by atoms with Gasteiger partial charge in [-0.1, -0.05) is 30.3 Å². The minimum absolute atomic E-state index is 0.0211. The molecule has 147 heavy (non-hydrogen) atoms. The quantitative estimate of drug-likeness (QED) is 0.0601. The predicted octanol–water partition coefficient (Wildman–Crippen LogP) is 25.3. The Morgan fingerprint density at radius 3 is 1.01 bits per heavy atom. The van der Waals surface area contributed by atoms with Gasteiger partial charge in [-0.3, -0.25) is 53.5 Å². The van der Waals surface area contributed by atoms with Gasteiger partial charge in [0.25, 0.3) is 11.8 Å². The van der Waals surface area contributed by atoms with Crippen molar-refractivity contribution in [2.24, 2.45) is 0 Å². The highest BCUT2D eigenvalue weighted by Crippen LogP contribution is 2.54. The maximum absolute atomic E-state index is 13.3. The summed E-state index contributed by atoms with van der Waals surface area (Å²) in [4.78, 5) is 128. The number of carbonyl (C=O) groups excluding carboxylic acids is 7. The Kier molecular flexibility index (Phi) is 29.3. The molecular formula is C118H120N10O15S4. The van der Waals surface area contributed by atoms with Crippen LogP contribution in [0.5, 0.6) is 23.0 Å². The van der Waals surface area contributed by atoms with Crippen molar-refractivity contribution in [3.63, 3.8) is 0 Å². The van der Waals surface area contributed by atoms with E-state index in [0.717, 1.165) is 228 Å². The van der Waals surface area contributed by atoms with E-state index in [0.29, 0.717) is 54.0 Å². The summed E-state index contributed by atoms with van der Waals surface area (Å²) in [5.41, 5.74) is 26.1. The molecule has 0 saturated heterocycles. The Balaban J connectivity index is 0.000000129. The highest BCUT2D eigenvalue weighted by Gasteiger charge is 2.39. The lowest BCUT2D eigenvalue weighted by Crippen LogP contribution is -2.27. The van der Waals surface area contributed by atoms with Crippen LogP contribution in [0.3, 0.4) is 0 Å². The molecule has 17 aromatic rings. The van der Waals surface area contributed by atoms with E-state index >= 15 is 0 Å². The highest BCUT2D eigenvalue weighted by molar-refractivity contribution is 7.21. The van der Waals surface area contributed by atoms with Crippen LogP contribution in [0.1, 0.15) is 239 Å². The number of aromatic nitrogens is 8. The van der Waals surface area contributed by atoms with Gasteiger partial charge in [0.1, 0.15) is 58.2 Å². The molecule has 4 aliphatic rings. The molecule has 2 amide bonds. The fourth-order valence-corrected chi connectivity index (χ4v) is 24.2. The van der Waals surface area contributed by atoms with Crippen molar-refractivity contribution in [3.8, 4) is 67.5 Å². The molecule has 0 bridgehead atoms. The van der Waals surface area contributed by atoms with Gasteiger partial charge in [-0.25, -0.2) is 19.9 Å². The largest absolute Gasteiger partial charge is 0.493 e. The second-order valence-electron chi connectivity index (χ2n) is 41.8. The zero-order valence-electron chi connectivity index (χ0n) is 86.9.